The van der Waals surface area contributed by atoms with Gasteiger partial charge in [0, 0.05) is 50.2 Å². The molecule has 1 aliphatic heterocycles. The summed E-state index contributed by atoms with van der Waals surface area (Å²) in [6.45, 7) is 5.51. The van der Waals surface area contributed by atoms with Gasteiger partial charge in [-0.15, -0.1) is 0 Å². The van der Waals surface area contributed by atoms with Crippen molar-refractivity contribution in [2.24, 2.45) is 12.5 Å². The van der Waals surface area contributed by atoms with Crippen molar-refractivity contribution in [1.29, 1.82) is 0 Å². The highest BCUT2D eigenvalue weighted by Gasteiger charge is 2.38. The molecule has 3 aromatic rings. The van der Waals surface area contributed by atoms with Gasteiger partial charge in [0.1, 0.15) is 5.65 Å². The Labute approximate surface area is 193 Å². The van der Waals surface area contributed by atoms with Crippen molar-refractivity contribution in [1.82, 2.24) is 24.6 Å². The van der Waals surface area contributed by atoms with Gasteiger partial charge in [-0.25, -0.2) is 4.98 Å². The molecule has 3 aromatic heterocycles. The normalized spacial score (nSPS) is 19.1. The topological polar surface area (TPSA) is 78.8 Å². The van der Waals surface area contributed by atoms with Crippen LogP contribution >= 0.6 is 11.6 Å². The molecule has 5 rings (SSSR count). The first-order valence-electron chi connectivity index (χ1n) is 11.5. The van der Waals surface area contributed by atoms with E-state index in [9.17, 15) is 4.79 Å². The van der Waals surface area contributed by atoms with Crippen molar-refractivity contribution in [3.8, 4) is 11.3 Å². The monoisotopic (exact) mass is 454 g/mol. The highest BCUT2D eigenvalue weighted by atomic mass is 35.5. The number of carbonyl (C=O) groups excluding carboxylic acids is 1. The number of likely N-dealkylation sites (tertiary alicyclic amines) is 1. The van der Waals surface area contributed by atoms with Crippen LogP contribution in [0.2, 0.25) is 5.02 Å². The van der Waals surface area contributed by atoms with Crippen LogP contribution in [0.3, 0.4) is 0 Å². The molecule has 2 N–H and O–H groups in total. The highest BCUT2D eigenvalue weighted by molar-refractivity contribution is 6.34. The fourth-order valence-electron chi connectivity index (χ4n) is 5.58. The molecular weight excluding hydrogens is 424 g/mol. The van der Waals surface area contributed by atoms with Crippen LogP contribution in [0.15, 0.2) is 18.5 Å². The van der Waals surface area contributed by atoms with Gasteiger partial charge in [-0.3, -0.25) is 9.48 Å². The lowest BCUT2D eigenvalue weighted by Gasteiger charge is -2.46. The molecule has 4 heterocycles. The van der Waals surface area contributed by atoms with E-state index in [1.54, 1.807) is 13.1 Å². The van der Waals surface area contributed by atoms with Crippen molar-refractivity contribution < 1.29 is 4.79 Å². The SMILES string of the molecule is CC(=O)N1CCC2(CCC(Nc3c(Cl)cnc4[nH]c(-c5cn(C)nc5C)cc34)CC2)CC1. The number of H-pyrrole nitrogens is 1. The summed E-state index contributed by atoms with van der Waals surface area (Å²) in [5, 5.41) is 9.88. The van der Waals surface area contributed by atoms with Crippen molar-refractivity contribution in [3.63, 3.8) is 0 Å². The molecule has 1 spiro atoms. The number of hydrogen-bond donors (Lipinski definition) is 2. The molecule has 7 nitrogen and oxygen atoms in total. The number of aromatic nitrogens is 4. The van der Waals surface area contributed by atoms with Crippen LogP contribution in [0.4, 0.5) is 5.69 Å². The van der Waals surface area contributed by atoms with Gasteiger partial charge in [-0.1, -0.05) is 11.6 Å². The van der Waals surface area contributed by atoms with Crippen LogP contribution in [0.25, 0.3) is 22.3 Å². The van der Waals surface area contributed by atoms with E-state index in [-0.39, 0.29) is 5.91 Å². The van der Waals surface area contributed by atoms with E-state index >= 15 is 0 Å². The van der Waals surface area contributed by atoms with Crippen molar-refractivity contribution in [3.05, 3.63) is 29.2 Å². The number of anilines is 1. The van der Waals surface area contributed by atoms with Gasteiger partial charge in [-0.05, 0) is 56.9 Å². The first kappa shape index (κ1) is 21.3. The molecule has 1 saturated carbocycles. The van der Waals surface area contributed by atoms with E-state index in [0.717, 1.165) is 72.4 Å². The number of rotatable bonds is 3. The number of hydrogen-bond acceptors (Lipinski definition) is 4. The largest absolute Gasteiger partial charge is 0.380 e. The Morgan fingerprint density at radius 3 is 2.59 bits per heavy atom. The Morgan fingerprint density at radius 2 is 1.97 bits per heavy atom. The molecule has 0 bridgehead atoms. The molecule has 2 fully saturated rings. The molecule has 2 aliphatic rings. The van der Waals surface area contributed by atoms with E-state index in [4.69, 9.17) is 11.6 Å². The maximum atomic E-state index is 11.7. The zero-order valence-corrected chi connectivity index (χ0v) is 19.8. The van der Waals surface area contributed by atoms with E-state index in [1.165, 1.54) is 12.8 Å². The minimum absolute atomic E-state index is 0.207. The number of amides is 1. The van der Waals surface area contributed by atoms with Gasteiger partial charge >= 0.3 is 0 Å². The number of halogens is 1. The lowest BCUT2D eigenvalue weighted by atomic mass is 9.67. The standard InChI is InChI=1S/C24H31ClN6O/c1-15-19(14-30(3)29-15)21-12-18-22(20(25)13-26-23(18)28-21)27-17-4-6-24(7-5-17)8-10-31(11-9-24)16(2)32/h12-14,17H,4-11H2,1-3H3,(H2,26,27,28). The van der Waals surface area contributed by atoms with Gasteiger partial charge in [0.15, 0.2) is 0 Å². The lowest BCUT2D eigenvalue weighted by molar-refractivity contribution is -0.131. The second-order valence-corrected chi connectivity index (χ2v) is 10.1. The average molecular weight is 455 g/mol. The van der Waals surface area contributed by atoms with E-state index in [0.29, 0.717) is 16.5 Å². The highest BCUT2D eigenvalue weighted by Crippen LogP contribution is 2.46. The van der Waals surface area contributed by atoms with Crippen LogP contribution in [0, 0.1) is 12.3 Å². The van der Waals surface area contributed by atoms with Crippen molar-refractivity contribution in [2.75, 3.05) is 18.4 Å². The Hall–Kier alpha value is -2.54. The molecule has 0 radical (unpaired) electrons. The second-order valence-electron chi connectivity index (χ2n) is 9.65. The molecule has 1 aliphatic carbocycles. The third-order valence-corrected chi connectivity index (χ3v) is 7.87. The van der Waals surface area contributed by atoms with Gasteiger partial charge in [-0.2, -0.15) is 5.10 Å². The quantitative estimate of drug-likeness (QED) is 0.589. The fraction of sp³-hybridized carbons (Fsp3) is 0.542. The predicted molar refractivity (Wildman–Crippen MR) is 128 cm³/mol. The average Bonchev–Trinajstić information content (AvgIpc) is 3.34. The van der Waals surface area contributed by atoms with E-state index in [2.05, 4.69) is 26.4 Å². The molecule has 1 saturated heterocycles. The zero-order valence-electron chi connectivity index (χ0n) is 19.0. The van der Waals surface area contributed by atoms with Gasteiger partial charge in [0.2, 0.25) is 5.91 Å². The first-order chi connectivity index (χ1) is 15.3. The second kappa shape index (κ2) is 8.10. The smallest absolute Gasteiger partial charge is 0.219 e. The predicted octanol–water partition coefficient (Wildman–Crippen LogP) is 4.91. The lowest BCUT2D eigenvalue weighted by Crippen LogP contribution is -2.44. The van der Waals surface area contributed by atoms with Crippen LogP contribution < -0.4 is 5.32 Å². The Morgan fingerprint density at radius 1 is 1.25 bits per heavy atom. The number of piperidine rings is 1. The molecule has 0 atom stereocenters. The van der Waals surface area contributed by atoms with Gasteiger partial charge in [0.05, 0.1) is 28.3 Å². The van der Waals surface area contributed by atoms with Crippen LogP contribution in [0.5, 0.6) is 0 Å². The number of aryl methyl sites for hydroxylation is 2. The fourth-order valence-corrected chi connectivity index (χ4v) is 5.79. The van der Waals surface area contributed by atoms with Crippen LogP contribution in [0.1, 0.15) is 51.1 Å². The summed E-state index contributed by atoms with van der Waals surface area (Å²) in [7, 11) is 1.93. The number of carbonyl (C=O) groups is 1. The number of nitrogens with one attached hydrogen (secondary N) is 2. The van der Waals surface area contributed by atoms with Gasteiger partial charge < -0.3 is 15.2 Å². The molecule has 32 heavy (non-hydrogen) atoms. The molecule has 1 amide bonds. The molecule has 0 aromatic carbocycles. The summed E-state index contributed by atoms with van der Waals surface area (Å²) in [5.74, 6) is 0.207. The maximum Gasteiger partial charge on any atom is 0.219 e. The number of nitrogens with zero attached hydrogens (tertiary/aromatic N) is 4. The summed E-state index contributed by atoms with van der Waals surface area (Å²) in [5.41, 5.74) is 5.26. The van der Waals surface area contributed by atoms with Crippen molar-refractivity contribution in [2.45, 2.75) is 58.4 Å². The molecule has 0 unspecified atom stereocenters. The summed E-state index contributed by atoms with van der Waals surface area (Å²) in [4.78, 5) is 21.6. The summed E-state index contributed by atoms with van der Waals surface area (Å²) >= 11 is 6.61. The maximum absolute atomic E-state index is 11.7. The minimum Gasteiger partial charge on any atom is -0.380 e. The molecule has 8 heteroatoms. The first-order valence-corrected chi connectivity index (χ1v) is 11.9. The molecular formula is C24H31ClN6O. The Bertz CT molecular complexity index is 1150. The summed E-state index contributed by atoms with van der Waals surface area (Å²) < 4.78 is 1.83. The Balaban J connectivity index is 1.32. The number of aromatic amines is 1. The van der Waals surface area contributed by atoms with Crippen LogP contribution in [-0.4, -0.2) is 49.7 Å². The van der Waals surface area contributed by atoms with Gasteiger partial charge in [0.25, 0.3) is 0 Å². The van der Waals surface area contributed by atoms with Crippen LogP contribution in [-0.2, 0) is 11.8 Å². The molecule has 170 valence electrons. The third kappa shape index (κ3) is 3.87. The van der Waals surface area contributed by atoms with E-state index < -0.39 is 0 Å². The summed E-state index contributed by atoms with van der Waals surface area (Å²) in [6, 6.07) is 2.52. The Kier molecular flexibility index (Phi) is 5.40. The number of pyridine rings is 1. The zero-order chi connectivity index (χ0) is 22.5. The minimum atomic E-state index is 0.207. The van der Waals surface area contributed by atoms with E-state index in [1.807, 2.05) is 29.7 Å². The summed E-state index contributed by atoms with van der Waals surface area (Å²) in [6.07, 6.45) is 10.7. The third-order valence-electron chi connectivity index (χ3n) is 7.58. The number of fused-ring (bicyclic) bond motifs is 1. The van der Waals surface area contributed by atoms with Crippen molar-refractivity contribution >= 4 is 34.2 Å².